The van der Waals surface area contributed by atoms with Crippen molar-refractivity contribution in [2.45, 2.75) is 26.8 Å². The zero-order valence-corrected chi connectivity index (χ0v) is 21.4. The van der Waals surface area contributed by atoms with Crippen LogP contribution in [0.5, 0.6) is 5.75 Å². The maximum Gasteiger partial charge on any atom is 0.295 e. The van der Waals surface area contributed by atoms with Gasteiger partial charge in [-0.2, -0.15) is 0 Å². The van der Waals surface area contributed by atoms with E-state index in [2.05, 4.69) is 9.88 Å². The van der Waals surface area contributed by atoms with Crippen molar-refractivity contribution in [1.29, 1.82) is 0 Å². The minimum atomic E-state index is -0.758. The van der Waals surface area contributed by atoms with Gasteiger partial charge in [0.1, 0.15) is 17.1 Å². The molecule has 37 heavy (non-hydrogen) atoms. The number of carbonyl (C=O) groups is 2. The van der Waals surface area contributed by atoms with Gasteiger partial charge in [0.15, 0.2) is 5.76 Å². The van der Waals surface area contributed by atoms with Gasteiger partial charge >= 0.3 is 0 Å². The van der Waals surface area contributed by atoms with E-state index in [-0.39, 0.29) is 11.3 Å². The number of aromatic nitrogens is 2. The summed E-state index contributed by atoms with van der Waals surface area (Å²) >= 11 is 0. The third-order valence-corrected chi connectivity index (χ3v) is 7.09. The average Bonchev–Trinajstić information content (AvgIpc) is 3.38. The van der Waals surface area contributed by atoms with Crippen LogP contribution in [0.1, 0.15) is 35.5 Å². The number of pyridine rings is 1. The monoisotopic (exact) mass is 504 g/mol. The molecule has 2 aliphatic heterocycles. The molecule has 0 spiro atoms. The van der Waals surface area contributed by atoms with Crippen LogP contribution in [0.25, 0.3) is 11.4 Å². The van der Waals surface area contributed by atoms with Gasteiger partial charge < -0.3 is 23.9 Å². The summed E-state index contributed by atoms with van der Waals surface area (Å²) < 4.78 is 13.0. The molecular weight excluding hydrogens is 472 g/mol. The topological polar surface area (TPSA) is 96.6 Å². The average molecular weight is 505 g/mol. The van der Waals surface area contributed by atoms with Crippen molar-refractivity contribution in [2.24, 2.45) is 0 Å². The first-order valence-electron chi connectivity index (χ1n) is 12.7. The molecule has 1 amide bonds. The van der Waals surface area contributed by atoms with E-state index in [0.717, 1.165) is 18.7 Å². The number of nitrogens with zero attached hydrogens (tertiary/aromatic N) is 4. The fraction of sp³-hybridized carbons (Fsp3) is 0.393. The van der Waals surface area contributed by atoms with E-state index in [1.165, 1.54) is 0 Å². The minimum Gasteiger partial charge on any atom is -0.505 e. The van der Waals surface area contributed by atoms with Gasteiger partial charge in [0, 0.05) is 32.4 Å². The number of aliphatic hydroxyl groups is 1. The number of rotatable bonds is 7. The van der Waals surface area contributed by atoms with Crippen molar-refractivity contribution >= 4 is 23.1 Å². The van der Waals surface area contributed by atoms with E-state index in [9.17, 15) is 14.7 Å². The number of aryl methyl sites for hydroxylation is 2. The Morgan fingerprint density at radius 1 is 1.14 bits per heavy atom. The van der Waals surface area contributed by atoms with Crippen LogP contribution in [-0.2, 0) is 14.3 Å². The molecule has 5 rings (SSSR count). The standard InChI is InChI=1S/C28H32N4O5/c1-4-37-21-9-5-8-20(17-21)24-22(25(33)23-19(3)31-10-6-7-18(2)27(31)29-23)26(34)28(35)32(24)12-11-30-13-15-36-16-14-30/h5-10,17,24,33H,4,11-16H2,1-3H3. The molecule has 3 aromatic rings. The molecular formula is C28H32N4O5. The first-order valence-corrected chi connectivity index (χ1v) is 12.7. The van der Waals surface area contributed by atoms with E-state index >= 15 is 0 Å². The highest BCUT2D eigenvalue weighted by Crippen LogP contribution is 2.40. The van der Waals surface area contributed by atoms with Crippen molar-refractivity contribution in [3.63, 3.8) is 0 Å². The lowest BCUT2D eigenvalue weighted by Gasteiger charge is -2.31. The second-order valence-corrected chi connectivity index (χ2v) is 9.38. The summed E-state index contributed by atoms with van der Waals surface area (Å²) in [5.74, 6) is -0.961. The fourth-order valence-corrected chi connectivity index (χ4v) is 5.15. The number of amides is 1. The maximum atomic E-state index is 13.5. The second kappa shape index (κ2) is 10.4. The van der Waals surface area contributed by atoms with Gasteiger partial charge in [0.05, 0.1) is 37.1 Å². The Morgan fingerprint density at radius 2 is 1.92 bits per heavy atom. The highest BCUT2D eigenvalue weighted by atomic mass is 16.5. The molecule has 1 N–H and O–H groups in total. The van der Waals surface area contributed by atoms with Crippen molar-refractivity contribution in [3.05, 3.63) is 70.7 Å². The van der Waals surface area contributed by atoms with Crippen LogP contribution < -0.4 is 4.74 Å². The van der Waals surface area contributed by atoms with E-state index in [1.807, 2.05) is 67.8 Å². The molecule has 0 radical (unpaired) electrons. The largest absolute Gasteiger partial charge is 0.505 e. The van der Waals surface area contributed by atoms with Gasteiger partial charge in [0.2, 0.25) is 0 Å². The van der Waals surface area contributed by atoms with Crippen LogP contribution in [0, 0.1) is 13.8 Å². The summed E-state index contributed by atoms with van der Waals surface area (Å²) in [4.78, 5) is 35.3. The number of ketones is 1. The van der Waals surface area contributed by atoms with E-state index < -0.39 is 17.7 Å². The summed E-state index contributed by atoms with van der Waals surface area (Å²) in [6.07, 6.45) is 1.87. The smallest absolute Gasteiger partial charge is 0.295 e. The summed E-state index contributed by atoms with van der Waals surface area (Å²) in [7, 11) is 0. The van der Waals surface area contributed by atoms with Crippen molar-refractivity contribution < 1.29 is 24.2 Å². The lowest BCUT2D eigenvalue weighted by atomic mass is 9.96. The molecule has 0 saturated carbocycles. The molecule has 2 fully saturated rings. The SMILES string of the molecule is CCOc1cccc(C2C(=C(O)c3nc4c(C)cccn4c3C)C(=O)C(=O)N2CCN2CCOCC2)c1. The summed E-state index contributed by atoms with van der Waals surface area (Å²) in [6.45, 7) is 9.94. The number of benzene rings is 1. The molecule has 4 heterocycles. The van der Waals surface area contributed by atoms with Gasteiger partial charge in [0.25, 0.3) is 11.7 Å². The lowest BCUT2D eigenvalue weighted by Crippen LogP contribution is -2.42. The van der Waals surface area contributed by atoms with Crippen LogP contribution in [-0.4, -0.2) is 82.0 Å². The minimum absolute atomic E-state index is 0.0461. The van der Waals surface area contributed by atoms with Gasteiger partial charge in [-0.3, -0.25) is 14.5 Å². The highest BCUT2D eigenvalue weighted by molar-refractivity contribution is 6.46. The maximum absolute atomic E-state index is 13.5. The predicted octanol–water partition coefficient (Wildman–Crippen LogP) is 3.10. The normalized spacial score (nSPS) is 20.2. The first-order chi connectivity index (χ1) is 17.9. The van der Waals surface area contributed by atoms with Gasteiger partial charge in [-0.15, -0.1) is 0 Å². The Bertz CT molecular complexity index is 1370. The fourth-order valence-electron chi connectivity index (χ4n) is 5.15. The third-order valence-electron chi connectivity index (χ3n) is 7.09. The zero-order valence-electron chi connectivity index (χ0n) is 21.4. The number of carbonyl (C=O) groups excluding carboxylic acids is 2. The number of likely N-dealkylation sites (tertiary alicyclic amines) is 1. The summed E-state index contributed by atoms with van der Waals surface area (Å²) in [6, 6.07) is 10.4. The molecule has 1 atom stereocenters. The van der Waals surface area contributed by atoms with Crippen LogP contribution in [0.2, 0.25) is 0 Å². The molecule has 2 saturated heterocycles. The number of Topliss-reactive ketones (excluding diaryl/α,β-unsaturated/α-hetero) is 1. The zero-order chi connectivity index (χ0) is 26.1. The predicted molar refractivity (Wildman–Crippen MR) is 139 cm³/mol. The van der Waals surface area contributed by atoms with E-state index in [0.29, 0.717) is 61.3 Å². The molecule has 0 aliphatic carbocycles. The highest BCUT2D eigenvalue weighted by Gasteiger charge is 2.46. The van der Waals surface area contributed by atoms with Crippen molar-refractivity contribution in [3.8, 4) is 5.75 Å². The number of fused-ring (bicyclic) bond motifs is 1. The molecule has 2 aliphatic rings. The summed E-state index contributed by atoms with van der Waals surface area (Å²) in [5.41, 5.74) is 3.37. The van der Waals surface area contributed by atoms with Crippen LogP contribution in [0.15, 0.2) is 48.2 Å². The molecule has 1 aromatic carbocycles. The molecule has 9 heteroatoms. The summed E-state index contributed by atoms with van der Waals surface area (Å²) in [5, 5.41) is 11.6. The van der Waals surface area contributed by atoms with Crippen LogP contribution in [0.4, 0.5) is 0 Å². The van der Waals surface area contributed by atoms with E-state index in [4.69, 9.17) is 9.47 Å². The Hall–Kier alpha value is -3.69. The van der Waals surface area contributed by atoms with Gasteiger partial charge in [-0.05, 0) is 50.1 Å². The third kappa shape index (κ3) is 4.60. The lowest BCUT2D eigenvalue weighted by molar-refractivity contribution is -0.140. The quantitative estimate of drug-likeness (QED) is 0.300. The van der Waals surface area contributed by atoms with Crippen molar-refractivity contribution in [2.75, 3.05) is 46.0 Å². The van der Waals surface area contributed by atoms with Gasteiger partial charge in [-0.1, -0.05) is 18.2 Å². The van der Waals surface area contributed by atoms with Crippen LogP contribution >= 0.6 is 0 Å². The molecule has 2 aromatic heterocycles. The number of morpholine rings is 1. The van der Waals surface area contributed by atoms with Crippen molar-refractivity contribution in [1.82, 2.24) is 19.2 Å². The van der Waals surface area contributed by atoms with E-state index in [1.54, 1.807) is 4.90 Å². The first kappa shape index (κ1) is 25.0. The Morgan fingerprint density at radius 3 is 2.65 bits per heavy atom. The Labute approximate surface area is 215 Å². The number of aliphatic hydroxyl groups excluding tert-OH is 1. The molecule has 194 valence electrons. The van der Waals surface area contributed by atoms with Gasteiger partial charge in [-0.25, -0.2) is 4.98 Å². The molecule has 0 bridgehead atoms. The number of imidazole rings is 1. The second-order valence-electron chi connectivity index (χ2n) is 9.38. The number of ether oxygens (including phenoxy) is 2. The number of hydrogen-bond donors (Lipinski definition) is 1. The Balaban J connectivity index is 1.61. The van der Waals surface area contributed by atoms with Crippen LogP contribution in [0.3, 0.4) is 0 Å². The number of hydrogen-bond acceptors (Lipinski definition) is 7. The molecule has 9 nitrogen and oxygen atoms in total. The Kier molecular flexibility index (Phi) is 6.99. The molecule has 1 unspecified atom stereocenters.